The second-order valence-electron chi connectivity index (χ2n) is 5.17. The van der Waals surface area contributed by atoms with Gasteiger partial charge in [-0.3, -0.25) is 10.3 Å². The molecule has 1 unspecified atom stereocenters. The molecule has 0 spiro atoms. The van der Waals surface area contributed by atoms with E-state index >= 15 is 0 Å². The number of rotatable bonds is 3. The molecule has 1 amide bonds. The molecule has 0 radical (unpaired) electrons. The first-order valence-electron chi connectivity index (χ1n) is 6.79. The zero-order valence-corrected chi connectivity index (χ0v) is 11.7. The van der Waals surface area contributed by atoms with E-state index in [0.29, 0.717) is 6.54 Å². The number of carboxylic acid groups (broad SMARTS) is 1. The molecule has 1 heterocycles. The number of hydrogen-bond donors (Lipinski definition) is 3. The average Bonchev–Trinajstić information content (AvgIpc) is 2.92. The van der Waals surface area contributed by atoms with Gasteiger partial charge in [0.15, 0.2) is 5.66 Å². The highest BCUT2D eigenvalue weighted by Gasteiger charge is 2.39. The molecule has 5 heteroatoms. The molecule has 2 aromatic carbocycles. The molecule has 1 aliphatic rings. The van der Waals surface area contributed by atoms with E-state index < -0.39 is 11.8 Å². The molecule has 1 atom stereocenters. The van der Waals surface area contributed by atoms with Crippen molar-refractivity contribution in [3.8, 4) is 0 Å². The van der Waals surface area contributed by atoms with Gasteiger partial charge >= 0.3 is 6.09 Å². The van der Waals surface area contributed by atoms with Gasteiger partial charge in [0.25, 0.3) is 0 Å². The van der Waals surface area contributed by atoms with Crippen LogP contribution in [0.2, 0.25) is 0 Å². The molecular weight excluding hydrogens is 266 g/mol. The minimum Gasteiger partial charge on any atom is -0.465 e. The lowest BCUT2D eigenvalue weighted by Gasteiger charge is -2.40. The van der Waals surface area contributed by atoms with E-state index in [2.05, 4.69) is 10.7 Å². The standard InChI is InChI=1S/C16H17N3O2/c1-16(18-15(20)21,13-8-3-2-4-9-13)19-14-10-6-5-7-12(14)11-17-19/h2-10,17-18H,11H2,1H3,(H,20,21). The number of anilines is 1. The van der Waals surface area contributed by atoms with Gasteiger partial charge < -0.3 is 5.11 Å². The summed E-state index contributed by atoms with van der Waals surface area (Å²) >= 11 is 0. The Hall–Kier alpha value is -2.53. The van der Waals surface area contributed by atoms with Crippen LogP contribution in [-0.4, -0.2) is 11.2 Å². The van der Waals surface area contributed by atoms with Crippen molar-refractivity contribution in [1.29, 1.82) is 0 Å². The summed E-state index contributed by atoms with van der Waals surface area (Å²) in [4.78, 5) is 11.3. The molecule has 5 nitrogen and oxygen atoms in total. The minimum absolute atomic E-state index is 0.680. The fourth-order valence-electron chi connectivity index (χ4n) is 2.75. The lowest BCUT2D eigenvalue weighted by Crippen LogP contribution is -2.59. The van der Waals surface area contributed by atoms with Gasteiger partial charge in [-0.2, -0.15) is 0 Å². The Morgan fingerprint density at radius 3 is 2.57 bits per heavy atom. The summed E-state index contributed by atoms with van der Waals surface area (Å²) in [5, 5.41) is 13.8. The lowest BCUT2D eigenvalue weighted by molar-refractivity contribution is 0.176. The number of para-hydroxylation sites is 1. The van der Waals surface area contributed by atoms with E-state index in [1.165, 1.54) is 0 Å². The third kappa shape index (κ3) is 2.32. The minimum atomic E-state index is -1.06. The highest BCUT2D eigenvalue weighted by atomic mass is 16.4. The molecule has 2 aromatic rings. The molecule has 0 aliphatic carbocycles. The van der Waals surface area contributed by atoms with Crippen molar-refractivity contribution < 1.29 is 9.90 Å². The predicted molar refractivity (Wildman–Crippen MR) is 80.7 cm³/mol. The van der Waals surface area contributed by atoms with Gasteiger partial charge in [0, 0.05) is 6.54 Å². The highest BCUT2D eigenvalue weighted by molar-refractivity contribution is 5.68. The van der Waals surface area contributed by atoms with E-state index in [0.717, 1.165) is 16.8 Å². The summed E-state index contributed by atoms with van der Waals surface area (Å²) in [5.41, 5.74) is 5.39. The molecule has 21 heavy (non-hydrogen) atoms. The van der Waals surface area contributed by atoms with Gasteiger partial charge in [0.1, 0.15) is 0 Å². The van der Waals surface area contributed by atoms with Crippen molar-refractivity contribution in [2.24, 2.45) is 0 Å². The van der Waals surface area contributed by atoms with Crippen LogP contribution in [0.4, 0.5) is 10.5 Å². The summed E-state index contributed by atoms with van der Waals surface area (Å²) in [6.07, 6.45) is -1.06. The highest BCUT2D eigenvalue weighted by Crippen LogP contribution is 2.34. The Morgan fingerprint density at radius 2 is 1.86 bits per heavy atom. The van der Waals surface area contributed by atoms with Crippen molar-refractivity contribution in [1.82, 2.24) is 10.7 Å². The molecule has 0 bridgehead atoms. The topological polar surface area (TPSA) is 64.6 Å². The number of hydrazine groups is 1. The quantitative estimate of drug-likeness (QED) is 0.810. The summed E-state index contributed by atoms with van der Waals surface area (Å²) in [5.74, 6) is 0. The Labute approximate surface area is 123 Å². The number of fused-ring (bicyclic) bond motifs is 1. The molecule has 1 aliphatic heterocycles. The fourth-order valence-corrected chi connectivity index (χ4v) is 2.75. The molecule has 3 rings (SSSR count). The monoisotopic (exact) mass is 283 g/mol. The second-order valence-corrected chi connectivity index (χ2v) is 5.17. The van der Waals surface area contributed by atoms with Gasteiger partial charge in [-0.1, -0.05) is 48.5 Å². The molecule has 0 fully saturated rings. The number of nitrogens with zero attached hydrogens (tertiary/aromatic N) is 1. The Morgan fingerprint density at radius 1 is 1.19 bits per heavy atom. The molecule has 108 valence electrons. The summed E-state index contributed by atoms with van der Waals surface area (Å²) in [6, 6.07) is 17.5. The fraction of sp³-hybridized carbons (Fsp3) is 0.188. The Kier molecular flexibility index (Phi) is 3.27. The smallest absolute Gasteiger partial charge is 0.406 e. The predicted octanol–water partition coefficient (Wildman–Crippen LogP) is 2.65. The van der Waals surface area contributed by atoms with E-state index in [1.54, 1.807) is 0 Å². The van der Waals surface area contributed by atoms with Crippen LogP contribution in [0.1, 0.15) is 18.1 Å². The van der Waals surface area contributed by atoms with E-state index in [-0.39, 0.29) is 0 Å². The third-order valence-corrected chi connectivity index (χ3v) is 3.79. The largest absolute Gasteiger partial charge is 0.465 e. The van der Waals surface area contributed by atoms with Crippen molar-refractivity contribution in [3.05, 3.63) is 65.7 Å². The average molecular weight is 283 g/mol. The van der Waals surface area contributed by atoms with Crippen LogP contribution in [0.15, 0.2) is 54.6 Å². The normalized spacial score (nSPS) is 16.1. The Balaban J connectivity index is 2.07. The summed E-state index contributed by atoms with van der Waals surface area (Å²) < 4.78 is 0. The van der Waals surface area contributed by atoms with Crippen LogP contribution in [0.5, 0.6) is 0 Å². The maximum absolute atomic E-state index is 11.3. The van der Waals surface area contributed by atoms with Crippen LogP contribution in [0, 0.1) is 0 Å². The Bertz CT molecular complexity index is 660. The van der Waals surface area contributed by atoms with E-state index in [1.807, 2.05) is 66.5 Å². The first-order chi connectivity index (χ1) is 10.1. The summed E-state index contributed by atoms with van der Waals surface area (Å²) in [6.45, 7) is 2.53. The second kappa shape index (κ2) is 5.10. The zero-order chi connectivity index (χ0) is 14.9. The molecule has 0 aromatic heterocycles. The molecule has 3 N–H and O–H groups in total. The van der Waals surface area contributed by atoms with E-state index in [9.17, 15) is 9.90 Å². The van der Waals surface area contributed by atoms with E-state index in [4.69, 9.17) is 0 Å². The van der Waals surface area contributed by atoms with Gasteiger partial charge in [-0.15, -0.1) is 0 Å². The molecule has 0 saturated carbocycles. The van der Waals surface area contributed by atoms with Crippen LogP contribution >= 0.6 is 0 Å². The number of amides is 1. The first kappa shape index (κ1) is 13.5. The number of hydrogen-bond acceptors (Lipinski definition) is 3. The third-order valence-electron chi connectivity index (χ3n) is 3.79. The van der Waals surface area contributed by atoms with Crippen molar-refractivity contribution in [2.45, 2.75) is 19.1 Å². The number of carbonyl (C=O) groups is 1. The van der Waals surface area contributed by atoms with Gasteiger partial charge in [-0.25, -0.2) is 10.2 Å². The van der Waals surface area contributed by atoms with Crippen LogP contribution in [-0.2, 0) is 12.2 Å². The number of benzene rings is 2. The SMILES string of the molecule is CC(NC(=O)O)(c1ccccc1)N1NCc2ccccc21. The van der Waals surface area contributed by atoms with Gasteiger partial charge in [0.2, 0.25) is 0 Å². The number of nitrogens with one attached hydrogen (secondary N) is 2. The van der Waals surface area contributed by atoms with Crippen molar-refractivity contribution in [3.63, 3.8) is 0 Å². The van der Waals surface area contributed by atoms with Crippen molar-refractivity contribution in [2.75, 3.05) is 5.01 Å². The van der Waals surface area contributed by atoms with Gasteiger partial charge in [0.05, 0.1) is 5.69 Å². The van der Waals surface area contributed by atoms with Crippen molar-refractivity contribution >= 4 is 11.8 Å². The maximum atomic E-state index is 11.3. The first-order valence-corrected chi connectivity index (χ1v) is 6.79. The summed E-state index contributed by atoms with van der Waals surface area (Å²) in [7, 11) is 0. The zero-order valence-electron chi connectivity index (χ0n) is 11.7. The molecule has 0 saturated heterocycles. The van der Waals surface area contributed by atoms with Crippen LogP contribution < -0.4 is 15.8 Å². The van der Waals surface area contributed by atoms with Crippen LogP contribution in [0.25, 0.3) is 0 Å². The van der Waals surface area contributed by atoms with Gasteiger partial charge in [-0.05, 0) is 24.1 Å². The lowest BCUT2D eigenvalue weighted by atomic mass is 10.00. The van der Waals surface area contributed by atoms with Crippen LogP contribution in [0.3, 0.4) is 0 Å². The maximum Gasteiger partial charge on any atom is 0.406 e. The molecular formula is C16H17N3O2.